The average Bonchev–Trinajstić information content (AvgIpc) is 2.37. The second-order valence-electron chi connectivity index (χ2n) is 5.06. The topological polar surface area (TPSA) is 38.9 Å². The van der Waals surface area contributed by atoms with Crippen LogP contribution in [0.15, 0.2) is 36.1 Å². The summed E-state index contributed by atoms with van der Waals surface area (Å²) in [5.41, 5.74) is 3.45. The molecule has 2 unspecified atom stereocenters. The third kappa shape index (κ3) is 3.26. The molecule has 1 aromatic heterocycles. The Labute approximate surface area is 122 Å². The van der Waals surface area contributed by atoms with Crippen LogP contribution in [0.3, 0.4) is 0 Å². The molecule has 0 saturated heterocycles. The van der Waals surface area contributed by atoms with E-state index in [2.05, 4.69) is 4.98 Å². The Kier molecular flexibility index (Phi) is 3.97. The first-order chi connectivity index (χ1) is 10.00. The van der Waals surface area contributed by atoms with Gasteiger partial charge < -0.3 is 5.73 Å². The Morgan fingerprint density at radius 1 is 1.09 bits per heavy atom. The Balaban J connectivity index is 2.50. The van der Waals surface area contributed by atoms with Crippen molar-refractivity contribution in [3.05, 3.63) is 47.3 Å². The fourth-order valence-electron chi connectivity index (χ4n) is 2.26. The number of alkyl halides is 6. The van der Waals surface area contributed by atoms with Crippen molar-refractivity contribution in [2.45, 2.75) is 25.2 Å². The van der Waals surface area contributed by atoms with E-state index in [4.69, 9.17) is 5.73 Å². The van der Waals surface area contributed by atoms with Crippen LogP contribution in [-0.4, -0.2) is 11.2 Å². The summed E-state index contributed by atoms with van der Waals surface area (Å²) in [6, 6.07) is 0.708. The number of rotatable bonds is 1. The number of aromatic nitrogens is 1. The van der Waals surface area contributed by atoms with E-state index in [1.54, 1.807) is 6.92 Å². The van der Waals surface area contributed by atoms with Crippen LogP contribution in [0.1, 0.15) is 24.1 Å². The molecule has 120 valence electrons. The fraction of sp³-hybridized carbons (Fsp3) is 0.357. The summed E-state index contributed by atoms with van der Waals surface area (Å²) >= 11 is 0. The van der Waals surface area contributed by atoms with E-state index < -0.39 is 35.5 Å². The van der Waals surface area contributed by atoms with Gasteiger partial charge in [0, 0.05) is 5.92 Å². The van der Waals surface area contributed by atoms with Gasteiger partial charge in [0.05, 0.1) is 17.5 Å². The van der Waals surface area contributed by atoms with Crippen LogP contribution in [0.2, 0.25) is 0 Å². The lowest BCUT2D eigenvalue weighted by molar-refractivity contribution is -0.141. The summed E-state index contributed by atoms with van der Waals surface area (Å²) < 4.78 is 76.5. The molecule has 0 spiro atoms. The number of nitrogens with two attached hydrogens (primary N) is 1. The van der Waals surface area contributed by atoms with Gasteiger partial charge in [0.15, 0.2) is 0 Å². The first-order valence-electron chi connectivity index (χ1n) is 6.30. The zero-order chi connectivity index (χ0) is 16.7. The molecular weight excluding hydrogens is 310 g/mol. The van der Waals surface area contributed by atoms with E-state index in [0.29, 0.717) is 6.07 Å². The Morgan fingerprint density at radius 2 is 1.73 bits per heavy atom. The largest absolute Gasteiger partial charge is 0.433 e. The van der Waals surface area contributed by atoms with Crippen molar-refractivity contribution in [2.24, 2.45) is 5.92 Å². The molecule has 0 aromatic carbocycles. The molecule has 22 heavy (non-hydrogen) atoms. The van der Waals surface area contributed by atoms with Crippen LogP contribution in [-0.2, 0) is 6.18 Å². The number of hydrogen-bond donors (Lipinski definition) is 1. The zero-order valence-electron chi connectivity index (χ0n) is 11.3. The van der Waals surface area contributed by atoms with Crippen molar-refractivity contribution in [2.75, 3.05) is 5.73 Å². The number of allylic oxidation sites excluding steroid dienone is 4. The van der Waals surface area contributed by atoms with E-state index in [9.17, 15) is 26.3 Å². The van der Waals surface area contributed by atoms with Crippen LogP contribution >= 0.6 is 0 Å². The van der Waals surface area contributed by atoms with Gasteiger partial charge in [-0.1, -0.05) is 25.2 Å². The standard InChI is InChI=1S/C14H12F6N2/c1-7-2-3-8(13(15,16)17)4-9(7)10-5-12(14(18,19)20)22-6-11(10)21/h2-7,9H,21H2,1H3. The highest BCUT2D eigenvalue weighted by molar-refractivity contribution is 5.51. The first-order valence-corrected chi connectivity index (χ1v) is 6.30. The third-order valence-electron chi connectivity index (χ3n) is 3.45. The van der Waals surface area contributed by atoms with Crippen molar-refractivity contribution in [1.29, 1.82) is 0 Å². The lowest BCUT2D eigenvalue weighted by Crippen LogP contribution is -2.19. The molecule has 0 aliphatic heterocycles. The SMILES string of the molecule is CC1C=CC(C(F)(F)F)=CC1c1cc(C(F)(F)F)ncc1N. The molecule has 2 rings (SSSR count). The first kappa shape index (κ1) is 16.4. The van der Waals surface area contributed by atoms with Gasteiger partial charge >= 0.3 is 12.4 Å². The molecule has 2 N–H and O–H groups in total. The van der Waals surface area contributed by atoms with E-state index in [-0.39, 0.29) is 11.3 Å². The van der Waals surface area contributed by atoms with Crippen molar-refractivity contribution in [3.63, 3.8) is 0 Å². The minimum Gasteiger partial charge on any atom is -0.397 e. The molecule has 2 nitrogen and oxygen atoms in total. The number of nitrogens with zero attached hydrogens (tertiary/aromatic N) is 1. The molecule has 0 radical (unpaired) electrons. The predicted molar refractivity (Wildman–Crippen MR) is 68.8 cm³/mol. The van der Waals surface area contributed by atoms with Crippen LogP contribution in [0.4, 0.5) is 32.0 Å². The minimum absolute atomic E-state index is 0.0130. The van der Waals surface area contributed by atoms with Crippen molar-refractivity contribution < 1.29 is 26.3 Å². The van der Waals surface area contributed by atoms with E-state index >= 15 is 0 Å². The van der Waals surface area contributed by atoms with Gasteiger partial charge in [-0.2, -0.15) is 26.3 Å². The molecule has 1 heterocycles. The maximum Gasteiger partial charge on any atom is 0.433 e. The van der Waals surface area contributed by atoms with Crippen molar-refractivity contribution in [3.8, 4) is 0 Å². The summed E-state index contributed by atoms with van der Waals surface area (Å²) in [4.78, 5) is 3.19. The van der Waals surface area contributed by atoms with Gasteiger partial charge in [0.1, 0.15) is 5.69 Å². The highest BCUT2D eigenvalue weighted by atomic mass is 19.4. The van der Waals surface area contributed by atoms with E-state index in [1.165, 1.54) is 6.08 Å². The average molecular weight is 322 g/mol. The number of anilines is 1. The highest BCUT2D eigenvalue weighted by Gasteiger charge is 2.37. The molecule has 2 atom stereocenters. The Hall–Kier alpha value is -1.99. The summed E-state index contributed by atoms with van der Waals surface area (Å²) in [6.07, 6.45) is -5.30. The fourth-order valence-corrected chi connectivity index (χ4v) is 2.26. The van der Waals surface area contributed by atoms with Gasteiger partial charge in [-0.3, -0.25) is 0 Å². The minimum atomic E-state index is -4.69. The molecule has 0 fully saturated rings. The van der Waals surface area contributed by atoms with Crippen LogP contribution < -0.4 is 5.73 Å². The Bertz CT molecular complexity index is 627. The predicted octanol–water partition coefficient (Wildman–Crippen LogP) is 4.46. The van der Waals surface area contributed by atoms with Gasteiger partial charge in [0.2, 0.25) is 0 Å². The normalized spacial score (nSPS) is 22.6. The number of halogens is 6. The lowest BCUT2D eigenvalue weighted by Gasteiger charge is -2.26. The van der Waals surface area contributed by atoms with Crippen molar-refractivity contribution in [1.82, 2.24) is 4.98 Å². The summed E-state index contributed by atoms with van der Waals surface area (Å²) in [6.45, 7) is 1.61. The van der Waals surface area contributed by atoms with Crippen LogP contribution in [0.25, 0.3) is 0 Å². The maximum absolute atomic E-state index is 12.8. The molecule has 1 aromatic rings. The lowest BCUT2D eigenvalue weighted by atomic mass is 9.81. The van der Waals surface area contributed by atoms with E-state index in [0.717, 1.165) is 18.3 Å². The summed E-state index contributed by atoms with van der Waals surface area (Å²) in [7, 11) is 0. The maximum atomic E-state index is 12.8. The molecular formula is C14H12F6N2. The highest BCUT2D eigenvalue weighted by Crippen LogP contribution is 2.40. The monoisotopic (exact) mass is 322 g/mol. The second-order valence-corrected chi connectivity index (χ2v) is 5.06. The van der Waals surface area contributed by atoms with Gasteiger partial charge in [-0.25, -0.2) is 4.98 Å². The third-order valence-corrected chi connectivity index (χ3v) is 3.45. The zero-order valence-corrected chi connectivity index (χ0v) is 11.3. The van der Waals surface area contributed by atoms with Crippen molar-refractivity contribution >= 4 is 5.69 Å². The number of nitrogen functional groups attached to an aromatic ring is 1. The second kappa shape index (κ2) is 5.33. The van der Waals surface area contributed by atoms with Gasteiger partial charge in [0.25, 0.3) is 0 Å². The number of hydrogen-bond acceptors (Lipinski definition) is 2. The molecule has 1 aliphatic rings. The Morgan fingerprint density at radius 3 is 2.27 bits per heavy atom. The molecule has 0 saturated carbocycles. The van der Waals surface area contributed by atoms with Crippen LogP contribution in [0, 0.1) is 5.92 Å². The number of pyridine rings is 1. The molecule has 8 heteroatoms. The summed E-state index contributed by atoms with van der Waals surface area (Å²) in [5.74, 6) is -1.32. The smallest absolute Gasteiger partial charge is 0.397 e. The molecule has 0 bridgehead atoms. The van der Waals surface area contributed by atoms with Gasteiger partial charge in [-0.05, 0) is 17.5 Å². The molecule has 0 amide bonds. The molecule has 1 aliphatic carbocycles. The van der Waals surface area contributed by atoms with Crippen LogP contribution in [0.5, 0.6) is 0 Å². The van der Waals surface area contributed by atoms with Gasteiger partial charge in [-0.15, -0.1) is 0 Å². The van der Waals surface area contributed by atoms with E-state index in [1.807, 2.05) is 0 Å². The summed E-state index contributed by atoms with van der Waals surface area (Å²) in [5, 5.41) is 0. The quantitative estimate of drug-likeness (QED) is 0.775.